The number of nitrogens with one attached hydrogen (secondary N) is 4. The van der Waals surface area contributed by atoms with Crippen LogP contribution in [-0.4, -0.2) is 137 Å². The zero-order valence-electron chi connectivity index (χ0n) is 78.0. The molecule has 0 bridgehead atoms. The van der Waals surface area contributed by atoms with Gasteiger partial charge in [0.05, 0.1) is 114 Å². The Balaban J connectivity index is 0.726. The van der Waals surface area contributed by atoms with Gasteiger partial charge < -0.3 is 35.8 Å². The zero-order chi connectivity index (χ0) is 104. The normalized spacial score (nSPS) is 12.6. The van der Waals surface area contributed by atoms with Crippen LogP contribution in [0.2, 0.25) is 0 Å². The van der Waals surface area contributed by atoms with Gasteiger partial charge in [-0.15, -0.1) is 10.2 Å². The van der Waals surface area contributed by atoms with E-state index in [2.05, 4.69) is 103 Å². The van der Waals surface area contributed by atoms with Gasteiger partial charge in [0.2, 0.25) is 23.8 Å². The molecule has 14 aromatic rings. The molecule has 14 rings (SSSR count). The summed E-state index contributed by atoms with van der Waals surface area (Å²) < 4.78 is 183. The average molecular weight is 2070 g/mol. The Hall–Kier alpha value is -16.7. The Morgan fingerprint density at radius 3 is 1.23 bits per heavy atom. The van der Waals surface area contributed by atoms with Gasteiger partial charge in [-0.05, 0) is 282 Å². The minimum Gasteiger partial charge on any atom is -0.493 e. The van der Waals surface area contributed by atoms with E-state index in [1.54, 1.807) is 172 Å². The number of carboxylic acids is 1. The number of azo groups is 8. The lowest BCUT2D eigenvalue weighted by Gasteiger charge is -2.17. The molecule has 0 aliphatic carbocycles. The van der Waals surface area contributed by atoms with Gasteiger partial charge in [0.25, 0.3) is 50.6 Å². The third kappa shape index (κ3) is 31.1. The number of anilines is 6. The topological polar surface area (TPSA) is 651 Å². The second-order valence-corrected chi connectivity index (χ2v) is 39.4. The smallest absolute Gasteiger partial charge is 0.326 e. The number of nitrogens with zero attached hydrogens (tertiary/aromatic N) is 22. The highest BCUT2D eigenvalue weighted by Gasteiger charge is 2.25. The van der Waals surface area contributed by atoms with Crippen molar-refractivity contribution < 1.29 is 84.2 Å². The highest BCUT2D eigenvalue weighted by atomic mass is 32.2. The summed E-state index contributed by atoms with van der Waals surface area (Å²) in [6, 6.07) is 64.2. The van der Waals surface area contributed by atoms with Gasteiger partial charge in [0.1, 0.15) is 50.4 Å². The lowest BCUT2D eigenvalue weighted by atomic mass is 10.0. The van der Waals surface area contributed by atoms with Gasteiger partial charge >= 0.3 is 5.97 Å². The predicted molar refractivity (Wildman–Crippen MR) is 540 cm³/mol. The molecule has 2 heterocycles. The Morgan fingerprint density at radius 1 is 0.349 bits per heavy atom. The fourth-order valence-corrected chi connectivity index (χ4v) is 16.4. The highest BCUT2D eigenvalue weighted by molar-refractivity contribution is 7.87. The zero-order valence-corrected chi connectivity index (χ0v) is 82.1. The van der Waals surface area contributed by atoms with Gasteiger partial charge in [-0.1, -0.05) is 55.5 Å². The minimum atomic E-state index is -4.88. The van der Waals surface area contributed by atoms with Crippen LogP contribution in [0.15, 0.2) is 356 Å². The molecule has 1 atom stereocenters. The van der Waals surface area contributed by atoms with E-state index in [4.69, 9.17) is 39.4 Å². The van der Waals surface area contributed by atoms with E-state index in [1.807, 2.05) is 26.0 Å². The number of carbonyl (C=O) groups is 1. The summed E-state index contributed by atoms with van der Waals surface area (Å²) in [5, 5.41) is 92.0. The van der Waals surface area contributed by atoms with Crippen LogP contribution in [0, 0.1) is 27.7 Å². The van der Waals surface area contributed by atoms with Gasteiger partial charge in [-0.2, -0.15) is 139 Å². The molecule has 748 valence electrons. The quantitative estimate of drug-likeness (QED) is 0.00962. The molecule has 0 amide bonds. The Labute approximate surface area is 836 Å². The molecule has 50 heteroatoms. The lowest BCUT2D eigenvalue weighted by Crippen LogP contribution is -2.30. The molecule has 0 saturated heterocycles. The summed E-state index contributed by atoms with van der Waals surface area (Å²) in [5.74, 6) is -1.25. The molecule has 0 spiro atoms. The van der Waals surface area contributed by atoms with Crippen molar-refractivity contribution in [1.29, 1.82) is 0 Å². The summed E-state index contributed by atoms with van der Waals surface area (Å²) in [7, 11) is -23.0. The van der Waals surface area contributed by atoms with Crippen molar-refractivity contribution in [2.75, 3.05) is 46.8 Å². The number of hydrogen-bond donors (Lipinski definition) is 10. The monoisotopic (exact) mass is 2070 g/mol. The largest absolute Gasteiger partial charge is 0.493 e. The van der Waals surface area contributed by atoms with Crippen LogP contribution in [0.5, 0.6) is 11.5 Å². The second-order valence-electron chi connectivity index (χ2n) is 32.2. The molecule has 0 aliphatic rings. The standard InChI is InChI=1S/C96H90N26O19S5/c1-6-46-140-86-57-83(122-120-81-44-36-75(56-89(81)146(137,138)139)116-108-66-18-11-8-12-19-66)60(3)50-64(86)54-91-101-90(53-63-21-41-78(59(2)49-63)117-113-69-26-22-67(23-27-69)109-111-71-30-37-76(38-31-71)143(128,129)130)102-95(103-91)99-82(92(123)124)20-13-14-45-97-93-104-94(98-73-34-42-79(61(4)51-73)118-119-80-43-35-74(55-88(80)145(134,135)136)115-107-65-16-9-7-10-17-65)106-96(105-93)100-85-52-62(5)84(58-87(85)141-47-15-48-142(125,126)127)121-114-70-28-24-68(25-29-70)110-112-72-32-39-77(40-33-72)144(131,132)133/h7-12,16-19,21-44,49-52,55-58,82H,6,13-15,20,45-48,53-54H2,1-5H3,(H,123,124)(H,125,126,127)(H,128,129,130)(H,131,132,133)(H,134,135,136)(H,137,138,139)(H,99,101,102,103)(H3,97,98,100,104,105,106). The van der Waals surface area contributed by atoms with E-state index in [0.29, 0.717) is 103 Å². The number of benzene rings is 12. The summed E-state index contributed by atoms with van der Waals surface area (Å²) >= 11 is 0. The Kier molecular flexibility index (Phi) is 34.5. The maximum absolute atomic E-state index is 13.5. The molecule has 45 nitrogen and oxygen atoms in total. The van der Waals surface area contributed by atoms with E-state index >= 15 is 0 Å². The van der Waals surface area contributed by atoms with Crippen molar-refractivity contribution in [2.45, 2.75) is 105 Å². The van der Waals surface area contributed by atoms with Gasteiger partial charge in [-0.3, -0.25) is 22.8 Å². The molecule has 0 saturated carbocycles. The van der Waals surface area contributed by atoms with Crippen LogP contribution >= 0.6 is 0 Å². The van der Waals surface area contributed by atoms with Crippen LogP contribution < -0.4 is 30.7 Å². The van der Waals surface area contributed by atoms with Crippen molar-refractivity contribution in [1.82, 2.24) is 29.9 Å². The van der Waals surface area contributed by atoms with Crippen molar-refractivity contribution >= 4 is 183 Å². The average Bonchev–Trinajstić information content (AvgIpc) is 0.797. The molecule has 146 heavy (non-hydrogen) atoms. The maximum atomic E-state index is 13.5. The highest BCUT2D eigenvalue weighted by Crippen LogP contribution is 2.41. The second kappa shape index (κ2) is 47.9. The van der Waals surface area contributed by atoms with Crippen LogP contribution in [0.25, 0.3) is 0 Å². The van der Waals surface area contributed by atoms with Crippen molar-refractivity contribution in [2.24, 2.45) is 81.8 Å². The first kappa shape index (κ1) is 105. The fraction of sp³-hybridized carbons (Fsp3) is 0.177. The first-order chi connectivity index (χ1) is 69.8. The number of unbranched alkanes of at least 4 members (excludes halogenated alkanes) is 1. The Bertz CT molecular complexity index is 8030. The Morgan fingerprint density at radius 2 is 0.747 bits per heavy atom. The summed E-state index contributed by atoms with van der Waals surface area (Å²) in [6.45, 7) is 9.07. The molecule has 0 radical (unpaired) electrons. The van der Waals surface area contributed by atoms with E-state index < -0.39 is 78.1 Å². The number of aromatic nitrogens is 6. The van der Waals surface area contributed by atoms with Crippen molar-refractivity contribution in [3.63, 3.8) is 0 Å². The molecule has 1 unspecified atom stereocenters. The van der Waals surface area contributed by atoms with Crippen LogP contribution in [0.3, 0.4) is 0 Å². The third-order valence-corrected chi connectivity index (χ3v) is 25.2. The van der Waals surface area contributed by atoms with E-state index in [-0.39, 0.29) is 143 Å². The van der Waals surface area contributed by atoms with Crippen LogP contribution in [0.4, 0.5) is 126 Å². The number of aryl methyl sites for hydroxylation is 4. The first-order valence-electron chi connectivity index (χ1n) is 44.3. The lowest BCUT2D eigenvalue weighted by molar-refractivity contribution is -0.138. The summed E-state index contributed by atoms with van der Waals surface area (Å²) in [5.41, 5.74) is 8.82. The molecule has 10 N–H and O–H groups in total. The molecular weight excluding hydrogens is 1980 g/mol. The molecule has 12 aromatic carbocycles. The third-order valence-electron chi connectivity index (χ3n) is 20.9. The van der Waals surface area contributed by atoms with Crippen molar-refractivity contribution in [3.05, 3.63) is 300 Å². The number of aliphatic carboxylic acids is 1. The summed E-state index contributed by atoms with van der Waals surface area (Å²) in [4.78, 5) is 40.5. The van der Waals surface area contributed by atoms with E-state index in [1.165, 1.54) is 78.9 Å². The van der Waals surface area contributed by atoms with Crippen molar-refractivity contribution in [3.8, 4) is 11.5 Å². The SMILES string of the molecule is CCCOc1cc(N=Nc2ccc(N=Nc3ccccc3)cc2S(=O)(=O)O)c(C)cc1Cc1nc(Cc2ccc(N=Nc3ccc(N=Nc4ccc(S(=O)(=O)O)cc4)cc3)c(C)c2)nc(NC(CCCCNc2nc(Nc3ccc(N=Nc4ccc(N=Nc5ccccc5)cc4S(=O)(=O)O)c(C)c3)nc(Nc3cc(C)c(N=Nc4ccc(N=Nc5ccc(S(=O)(=O)O)cc5)cc4)cc3OCCCS(=O)(=O)O)n2)C(=O)O)n1. The summed E-state index contributed by atoms with van der Waals surface area (Å²) in [6.07, 6.45) is 1.06. The minimum absolute atomic E-state index is 0.00210. The van der Waals surface area contributed by atoms with E-state index in [0.717, 1.165) is 23.3 Å². The van der Waals surface area contributed by atoms with Crippen LogP contribution in [-0.2, 0) is 68.2 Å². The van der Waals surface area contributed by atoms with Crippen LogP contribution in [0.1, 0.15) is 84.1 Å². The fourth-order valence-electron chi connectivity index (χ4n) is 13.6. The predicted octanol–water partition coefficient (Wildman–Crippen LogP) is 24.9. The maximum Gasteiger partial charge on any atom is 0.326 e. The molecular formula is C96H90N26O19S5. The van der Waals surface area contributed by atoms with Gasteiger partial charge in [-0.25, -0.2) is 9.78 Å². The molecule has 0 fully saturated rings. The van der Waals surface area contributed by atoms with E-state index in [9.17, 15) is 74.8 Å². The molecule has 0 aliphatic heterocycles. The van der Waals surface area contributed by atoms with Gasteiger partial charge in [0, 0.05) is 42.8 Å². The first-order valence-corrected chi connectivity index (χ1v) is 51.7. The number of carboxylic acid groups (broad SMARTS) is 1. The van der Waals surface area contributed by atoms with Gasteiger partial charge in [0.15, 0.2) is 0 Å². The number of hydrogen-bond acceptors (Lipinski definition) is 39. The number of ether oxygens (including phenoxy) is 2. The molecule has 2 aromatic heterocycles. The number of rotatable bonds is 45.